The Bertz CT molecular complexity index is 465. The average Bonchev–Trinajstić information content (AvgIpc) is 2.46. The number of hydrogen-bond donors (Lipinski definition) is 2. The van der Waals surface area contributed by atoms with Crippen LogP contribution >= 0.6 is 11.6 Å². The fourth-order valence-electron chi connectivity index (χ4n) is 2.14. The molecule has 0 fully saturated rings. The third kappa shape index (κ3) is 6.13. The fourth-order valence-corrected chi connectivity index (χ4v) is 2.31. The van der Waals surface area contributed by atoms with Crippen LogP contribution in [0.4, 0.5) is 0 Å². The second-order valence-corrected chi connectivity index (χ2v) is 6.43. The van der Waals surface area contributed by atoms with Gasteiger partial charge in [0.1, 0.15) is 18.5 Å². The summed E-state index contributed by atoms with van der Waals surface area (Å²) in [4.78, 5) is 0. The summed E-state index contributed by atoms with van der Waals surface area (Å²) < 4.78 is 10.9. The van der Waals surface area contributed by atoms with E-state index in [0.717, 1.165) is 21.9 Å². The number of hydrogen-bond acceptors (Lipinski definition) is 4. The lowest BCUT2D eigenvalue weighted by Gasteiger charge is -2.19. The normalized spacial score (nSPS) is 14.2. The highest BCUT2D eigenvalue weighted by Crippen LogP contribution is 2.32. The molecule has 0 aliphatic rings. The van der Waals surface area contributed by atoms with Gasteiger partial charge in [-0.25, -0.2) is 0 Å². The monoisotopic (exact) mass is 329 g/mol. The lowest BCUT2D eigenvalue weighted by atomic mass is 10.0. The van der Waals surface area contributed by atoms with Gasteiger partial charge in [0.25, 0.3) is 0 Å². The number of ether oxygens (including phenoxy) is 2. The van der Waals surface area contributed by atoms with Crippen LogP contribution in [0.5, 0.6) is 5.75 Å². The van der Waals surface area contributed by atoms with Crippen LogP contribution in [0.3, 0.4) is 0 Å². The highest BCUT2D eigenvalue weighted by molar-refractivity contribution is 6.31. The summed E-state index contributed by atoms with van der Waals surface area (Å²) in [6, 6.07) is 4.08. The van der Waals surface area contributed by atoms with Gasteiger partial charge in [-0.3, -0.25) is 0 Å². The summed E-state index contributed by atoms with van der Waals surface area (Å²) in [7, 11) is 1.66. The molecule has 1 rings (SSSR count). The third-order valence-corrected chi connectivity index (χ3v) is 3.87. The first-order valence-corrected chi connectivity index (χ1v) is 8.06. The predicted octanol–water partition coefficient (Wildman–Crippen LogP) is 3.14. The number of aliphatic hydroxyl groups is 1. The Hall–Kier alpha value is -0.810. The Balaban J connectivity index is 2.58. The van der Waals surface area contributed by atoms with Crippen molar-refractivity contribution in [2.45, 2.75) is 45.8 Å². The summed E-state index contributed by atoms with van der Waals surface area (Å²) in [5.41, 5.74) is 2.03. The molecule has 0 saturated carbocycles. The van der Waals surface area contributed by atoms with Crippen molar-refractivity contribution < 1.29 is 14.6 Å². The molecule has 0 radical (unpaired) electrons. The Morgan fingerprint density at radius 3 is 2.50 bits per heavy atom. The topological polar surface area (TPSA) is 50.7 Å². The number of methoxy groups -OCH3 is 1. The predicted molar refractivity (Wildman–Crippen MR) is 91.1 cm³/mol. The van der Waals surface area contributed by atoms with Gasteiger partial charge in [0.15, 0.2) is 0 Å². The van der Waals surface area contributed by atoms with Crippen LogP contribution in [0.2, 0.25) is 5.02 Å². The molecular weight excluding hydrogens is 302 g/mol. The zero-order chi connectivity index (χ0) is 16.7. The zero-order valence-electron chi connectivity index (χ0n) is 14.1. The second kappa shape index (κ2) is 9.36. The van der Waals surface area contributed by atoms with Crippen LogP contribution in [0.1, 0.15) is 37.8 Å². The molecule has 0 aromatic heterocycles. The largest absolute Gasteiger partial charge is 0.491 e. The molecule has 0 spiro atoms. The maximum Gasteiger partial charge on any atom is 0.123 e. The molecule has 0 unspecified atom stereocenters. The van der Waals surface area contributed by atoms with Crippen molar-refractivity contribution in [1.82, 2.24) is 5.32 Å². The van der Waals surface area contributed by atoms with Crippen LogP contribution in [0, 0.1) is 6.92 Å². The quantitative estimate of drug-likeness (QED) is 0.731. The van der Waals surface area contributed by atoms with Gasteiger partial charge in [0.05, 0.1) is 6.61 Å². The Labute approximate surface area is 138 Å². The highest BCUT2D eigenvalue weighted by Gasteiger charge is 2.13. The van der Waals surface area contributed by atoms with Gasteiger partial charge >= 0.3 is 0 Å². The van der Waals surface area contributed by atoms with E-state index in [1.54, 1.807) is 7.11 Å². The van der Waals surface area contributed by atoms with E-state index >= 15 is 0 Å². The van der Waals surface area contributed by atoms with Crippen molar-refractivity contribution in [2.24, 2.45) is 0 Å². The smallest absolute Gasteiger partial charge is 0.123 e. The lowest BCUT2D eigenvalue weighted by Crippen LogP contribution is -2.38. The van der Waals surface area contributed by atoms with Crippen LogP contribution in [0.25, 0.3) is 0 Å². The Kier molecular flexibility index (Phi) is 8.18. The van der Waals surface area contributed by atoms with Crippen LogP contribution in [-0.4, -0.2) is 44.1 Å². The van der Waals surface area contributed by atoms with Gasteiger partial charge in [-0.05, 0) is 43.0 Å². The number of halogens is 1. The molecule has 126 valence electrons. The first-order valence-electron chi connectivity index (χ1n) is 7.68. The van der Waals surface area contributed by atoms with Crippen LogP contribution in [-0.2, 0) is 4.74 Å². The van der Waals surface area contributed by atoms with Crippen molar-refractivity contribution in [1.29, 1.82) is 0 Å². The van der Waals surface area contributed by atoms with Crippen molar-refractivity contribution in [3.05, 3.63) is 28.3 Å². The second-order valence-electron chi connectivity index (χ2n) is 6.02. The zero-order valence-corrected chi connectivity index (χ0v) is 14.9. The number of benzene rings is 1. The van der Waals surface area contributed by atoms with Gasteiger partial charge in [-0.1, -0.05) is 25.4 Å². The molecule has 0 aliphatic carbocycles. The van der Waals surface area contributed by atoms with Crippen molar-refractivity contribution >= 4 is 11.6 Å². The number of aryl methyl sites for hydroxylation is 1. The number of rotatable bonds is 9. The van der Waals surface area contributed by atoms with E-state index < -0.39 is 6.10 Å². The van der Waals surface area contributed by atoms with Gasteiger partial charge < -0.3 is 19.9 Å². The maximum atomic E-state index is 10.0. The van der Waals surface area contributed by atoms with E-state index in [1.165, 1.54) is 0 Å². The van der Waals surface area contributed by atoms with Gasteiger partial charge in [-0.15, -0.1) is 0 Å². The third-order valence-electron chi connectivity index (χ3n) is 3.46. The molecule has 0 heterocycles. The molecule has 1 aromatic rings. The van der Waals surface area contributed by atoms with Crippen LogP contribution in [0.15, 0.2) is 12.1 Å². The lowest BCUT2D eigenvalue weighted by molar-refractivity contribution is 0.0967. The molecule has 2 atom stereocenters. The molecule has 0 aliphatic heterocycles. The average molecular weight is 330 g/mol. The molecule has 1 aromatic carbocycles. The van der Waals surface area contributed by atoms with E-state index in [-0.39, 0.29) is 12.6 Å². The standard InChI is InChI=1S/C17H28ClNO3/c1-11(2)15-7-16(18)12(3)6-17(15)22-10-14(20)8-19-13(4)9-21-5/h6-7,11,13-14,19-20H,8-10H2,1-5H3/t13-,14+/m0/s1. The van der Waals surface area contributed by atoms with Gasteiger partial charge in [0.2, 0.25) is 0 Å². The van der Waals surface area contributed by atoms with E-state index in [1.807, 2.05) is 26.0 Å². The minimum absolute atomic E-state index is 0.198. The Morgan fingerprint density at radius 1 is 1.23 bits per heavy atom. The Morgan fingerprint density at radius 2 is 1.91 bits per heavy atom. The molecular formula is C17H28ClNO3. The fraction of sp³-hybridized carbons (Fsp3) is 0.647. The van der Waals surface area contributed by atoms with Gasteiger partial charge in [-0.2, -0.15) is 0 Å². The van der Waals surface area contributed by atoms with Gasteiger partial charge in [0, 0.05) is 24.7 Å². The molecule has 0 bridgehead atoms. The molecule has 22 heavy (non-hydrogen) atoms. The van der Waals surface area contributed by atoms with Crippen molar-refractivity contribution in [3.63, 3.8) is 0 Å². The summed E-state index contributed by atoms with van der Waals surface area (Å²) in [5, 5.41) is 14.0. The molecule has 2 N–H and O–H groups in total. The number of aliphatic hydroxyl groups excluding tert-OH is 1. The van der Waals surface area contributed by atoms with Crippen LogP contribution < -0.4 is 10.1 Å². The summed E-state index contributed by atoms with van der Waals surface area (Å²) in [6.45, 7) is 9.47. The highest BCUT2D eigenvalue weighted by atomic mass is 35.5. The van der Waals surface area contributed by atoms with E-state index in [4.69, 9.17) is 21.1 Å². The van der Waals surface area contributed by atoms with E-state index in [2.05, 4.69) is 19.2 Å². The molecule has 5 heteroatoms. The van der Waals surface area contributed by atoms with E-state index in [9.17, 15) is 5.11 Å². The molecule has 4 nitrogen and oxygen atoms in total. The van der Waals surface area contributed by atoms with E-state index in [0.29, 0.717) is 19.1 Å². The van der Waals surface area contributed by atoms with Crippen molar-refractivity contribution in [2.75, 3.05) is 26.9 Å². The summed E-state index contributed by atoms with van der Waals surface area (Å²) in [6.07, 6.45) is -0.574. The first kappa shape index (κ1) is 19.2. The number of nitrogens with one attached hydrogen (secondary N) is 1. The summed E-state index contributed by atoms with van der Waals surface area (Å²) in [5.74, 6) is 1.10. The molecule has 0 amide bonds. The minimum Gasteiger partial charge on any atom is -0.491 e. The van der Waals surface area contributed by atoms with Crippen molar-refractivity contribution in [3.8, 4) is 5.75 Å². The SMILES string of the molecule is COC[C@H](C)NC[C@@H](O)COc1cc(C)c(Cl)cc1C(C)C. The minimum atomic E-state index is -0.574. The molecule has 0 saturated heterocycles. The maximum absolute atomic E-state index is 10.0. The summed E-state index contributed by atoms with van der Waals surface area (Å²) >= 11 is 6.18. The first-order chi connectivity index (χ1) is 10.3.